The number of para-hydroxylation sites is 1. The van der Waals surface area contributed by atoms with Gasteiger partial charge in [-0.05, 0) is 69.9 Å². The molecule has 0 amide bonds. The number of carbonyl (C=O) groups is 1. The Balaban J connectivity index is 1.47. The predicted molar refractivity (Wildman–Crippen MR) is 146 cm³/mol. The third kappa shape index (κ3) is 6.34. The van der Waals surface area contributed by atoms with Gasteiger partial charge in [-0.2, -0.15) is 0 Å². The standard InChI is InChI=1S/C27H25BrCl2N2O4/c1-2-35-25-11-17(9-20(28)26(25)36-15-16-7-8-21(29)22(30)10-16)13-31-24(27(33)34)12-18-14-32-23-6-4-3-5-19(18)23/h3-11,14,24,31-32H,2,12-13,15H2,1H3,(H,33,34)/t24-/m1/s1. The summed E-state index contributed by atoms with van der Waals surface area (Å²) in [6.07, 6.45) is 2.22. The Morgan fingerprint density at radius 2 is 1.89 bits per heavy atom. The lowest BCUT2D eigenvalue weighted by Crippen LogP contribution is -2.38. The first-order valence-corrected chi connectivity index (χ1v) is 12.9. The zero-order chi connectivity index (χ0) is 25.7. The van der Waals surface area contributed by atoms with Crippen molar-refractivity contribution >= 4 is 56.0 Å². The number of rotatable bonds is 11. The fraction of sp³-hybridized carbons (Fsp3) is 0.222. The van der Waals surface area contributed by atoms with Crippen molar-refractivity contribution in [1.82, 2.24) is 10.3 Å². The van der Waals surface area contributed by atoms with Crippen LogP contribution in [0, 0.1) is 0 Å². The minimum absolute atomic E-state index is 0.277. The molecule has 0 aliphatic carbocycles. The van der Waals surface area contributed by atoms with Crippen LogP contribution in [0.4, 0.5) is 0 Å². The van der Waals surface area contributed by atoms with E-state index in [4.69, 9.17) is 32.7 Å². The van der Waals surface area contributed by atoms with E-state index in [2.05, 4.69) is 26.2 Å². The number of fused-ring (bicyclic) bond motifs is 1. The van der Waals surface area contributed by atoms with E-state index in [0.29, 0.717) is 45.6 Å². The molecule has 0 spiro atoms. The van der Waals surface area contributed by atoms with Crippen LogP contribution in [-0.4, -0.2) is 28.7 Å². The van der Waals surface area contributed by atoms with Gasteiger partial charge in [0.15, 0.2) is 11.5 Å². The summed E-state index contributed by atoms with van der Waals surface area (Å²) in [7, 11) is 0. The summed E-state index contributed by atoms with van der Waals surface area (Å²) in [4.78, 5) is 15.2. The van der Waals surface area contributed by atoms with Crippen molar-refractivity contribution in [2.24, 2.45) is 0 Å². The van der Waals surface area contributed by atoms with E-state index in [9.17, 15) is 9.90 Å². The average Bonchev–Trinajstić information content (AvgIpc) is 3.26. The molecule has 0 saturated carbocycles. The van der Waals surface area contributed by atoms with Crippen molar-refractivity contribution in [3.63, 3.8) is 0 Å². The van der Waals surface area contributed by atoms with Crippen LogP contribution >= 0.6 is 39.1 Å². The highest BCUT2D eigenvalue weighted by Gasteiger charge is 2.20. The van der Waals surface area contributed by atoms with Gasteiger partial charge < -0.3 is 24.9 Å². The number of hydrogen-bond donors (Lipinski definition) is 3. The molecule has 0 radical (unpaired) electrons. The van der Waals surface area contributed by atoms with E-state index in [-0.39, 0.29) is 6.61 Å². The maximum atomic E-state index is 12.0. The van der Waals surface area contributed by atoms with Gasteiger partial charge in [-0.1, -0.05) is 47.5 Å². The molecule has 0 saturated heterocycles. The highest BCUT2D eigenvalue weighted by Crippen LogP contribution is 2.38. The summed E-state index contributed by atoms with van der Waals surface area (Å²) >= 11 is 15.7. The zero-order valence-corrected chi connectivity index (χ0v) is 22.6. The molecular formula is C27H25BrCl2N2O4. The van der Waals surface area contributed by atoms with Crippen molar-refractivity contribution in [3.8, 4) is 11.5 Å². The summed E-state index contributed by atoms with van der Waals surface area (Å²) in [5.41, 5.74) is 3.66. The molecule has 1 atom stereocenters. The van der Waals surface area contributed by atoms with E-state index in [0.717, 1.165) is 27.6 Å². The average molecular weight is 592 g/mol. The third-order valence-electron chi connectivity index (χ3n) is 5.69. The van der Waals surface area contributed by atoms with Crippen molar-refractivity contribution < 1.29 is 19.4 Å². The largest absolute Gasteiger partial charge is 0.490 e. The van der Waals surface area contributed by atoms with Crippen LogP contribution in [0.3, 0.4) is 0 Å². The SMILES string of the molecule is CCOc1cc(CN[C@H](Cc2c[nH]c3ccccc23)C(=O)O)cc(Br)c1OCc1ccc(Cl)c(Cl)c1. The molecule has 6 nitrogen and oxygen atoms in total. The van der Waals surface area contributed by atoms with Gasteiger partial charge in [0.05, 0.1) is 21.1 Å². The van der Waals surface area contributed by atoms with Crippen molar-refractivity contribution in [2.45, 2.75) is 32.5 Å². The molecule has 4 aromatic rings. The van der Waals surface area contributed by atoms with Gasteiger partial charge in [0.2, 0.25) is 0 Å². The Hall–Kier alpha value is -2.71. The van der Waals surface area contributed by atoms with Crippen molar-refractivity contribution in [3.05, 3.63) is 92.0 Å². The Kier molecular flexibility index (Phi) is 8.80. The van der Waals surface area contributed by atoms with Crippen LogP contribution in [0.1, 0.15) is 23.6 Å². The molecular weight excluding hydrogens is 567 g/mol. The molecule has 0 bridgehead atoms. The number of carboxylic acid groups (broad SMARTS) is 1. The second-order valence-corrected chi connectivity index (χ2v) is 9.88. The topological polar surface area (TPSA) is 83.6 Å². The monoisotopic (exact) mass is 590 g/mol. The molecule has 0 aliphatic rings. The summed E-state index contributed by atoms with van der Waals surface area (Å²) in [6.45, 7) is 2.96. The predicted octanol–water partition coefficient (Wildman–Crippen LogP) is 7.00. The van der Waals surface area contributed by atoms with Crippen LogP contribution in [0.25, 0.3) is 10.9 Å². The second kappa shape index (κ2) is 12.0. The van der Waals surface area contributed by atoms with Gasteiger partial charge in [0.1, 0.15) is 12.6 Å². The van der Waals surface area contributed by atoms with E-state index >= 15 is 0 Å². The quantitative estimate of drug-likeness (QED) is 0.175. The van der Waals surface area contributed by atoms with E-state index in [1.54, 1.807) is 12.1 Å². The Morgan fingerprint density at radius 3 is 2.64 bits per heavy atom. The number of aliphatic carboxylic acids is 1. The second-order valence-electron chi connectivity index (χ2n) is 8.21. The number of nitrogens with one attached hydrogen (secondary N) is 2. The first-order chi connectivity index (χ1) is 17.4. The molecule has 1 heterocycles. The van der Waals surface area contributed by atoms with Gasteiger partial charge in [-0.15, -0.1) is 0 Å². The molecule has 36 heavy (non-hydrogen) atoms. The number of H-pyrrole nitrogens is 1. The Labute approximate surface area is 227 Å². The zero-order valence-electron chi connectivity index (χ0n) is 19.5. The van der Waals surface area contributed by atoms with Crippen LogP contribution < -0.4 is 14.8 Å². The fourth-order valence-corrected chi connectivity index (χ4v) is 4.84. The fourth-order valence-electron chi connectivity index (χ4n) is 3.92. The molecule has 3 aromatic carbocycles. The lowest BCUT2D eigenvalue weighted by atomic mass is 10.0. The van der Waals surface area contributed by atoms with Gasteiger partial charge in [-0.25, -0.2) is 0 Å². The maximum absolute atomic E-state index is 12.0. The smallest absolute Gasteiger partial charge is 0.321 e. The van der Waals surface area contributed by atoms with E-state index in [1.807, 2.05) is 55.6 Å². The van der Waals surface area contributed by atoms with Crippen LogP contribution in [0.15, 0.2) is 65.3 Å². The van der Waals surface area contributed by atoms with Crippen LogP contribution in [0.2, 0.25) is 10.0 Å². The molecule has 0 aliphatic heterocycles. The third-order valence-corrected chi connectivity index (χ3v) is 7.01. The molecule has 3 N–H and O–H groups in total. The first kappa shape index (κ1) is 26.4. The van der Waals surface area contributed by atoms with Gasteiger partial charge >= 0.3 is 5.97 Å². The van der Waals surface area contributed by atoms with Crippen LogP contribution in [-0.2, 0) is 24.4 Å². The summed E-state index contributed by atoms with van der Waals surface area (Å²) in [6, 6.07) is 16.2. The number of halogens is 3. The lowest BCUT2D eigenvalue weighted by Gasteiger charge is -2.18. The van der Waals surface area contributed by atoms with Gasteiger partial charge in [-0.3, -0.25) is 4.79 Å². The minimum atomic E-state index is -0.911. The maximum Gasteiger partial charge on any atom is 0.321 e. The molecule has 9 heteroatoms. The summed E-state index contributed by atoms with van der Waals surface area (Å²) < 4.78 is 12.6. The van der Waals surface area contributed by atoms with Gasteiger partial charge in [0.25, 0.3) is 0 Å². The Morgan fingerprint density at radius 1 is 1.08 bits per heavy atom. The number of ether oxygens (including phenoxy) is 2. The molecule has 0 fully saturated rings. The molecule has 1 aromatic heterocycles. The molecule has 0 unspecified atom stereocenters. The highest BCUT2D eigenvalue weighted by molar-refractivity contribution is 9.10. The van der Waals surface area contributed by atoms with Crippen molar-refractivity contribution in [2.75, 3.05) is 6.61 Å². The summed E-state index contributed by atoms with van der Waals surface area (Å²) in [5.74, 6) is 0.207. The Bertz CT molecular complexity index is 1380. The van der Waals surface area contributed by atoms with Crippen LogP contribution in [0.5, 0.6) is 11.5 Å². The molecule has 4 rings (SSSR count). The summed E-state index contributed by atoms with van der Waals surface area (Å²) in [5, 5.41) is 15.0. The van der Waals surface area contributed by atoms with Gasteiger partial charge in [0, 0.05) is 30.1 Å². The first-order valence-electron chi connectivity index (χ1n) is 11.4. The van der Waals surface area contributed by atoms with E-state index in [1.165, 1.54) is 0 Å². The number of carboxylic acids is 1. The normalized spacial score (nSPS) is 12.0. The van der Waals surface area contributed by atoms with E-state index < -0.39 is 12.0 Å². The minimum Gasteiger partial charge on any atom is -0.490 e. The number of benzene rings is 3. The molecule has 188 valence electrons. The number of hydrogen-bond acceptors (Lipinski definition) is 4. The van der Waals surface area contributed by atoms with Crippen molar-refractivity contribution in [1.29, 1.82) is 0 Å². The lowest BCUT2D eigenvalue weighted by molar-refractivity contribution is -0.139. The number of aromatic nitrogens is 1. The number of aromatic amines is 1. The highest BCUT2D eigenvalue weighted by atomic mass is 79.9.